The van der Waals surface area contributed by atoms with Crippen LogP contribution in [0.2, 0.25) is 0 Å². The highest BCUT2D eigenvalue weighted by Gasteiger charge is 2.32. The van der Waals surface area contributed by atoms with E-state index in [4.69, 9.17) is 0 Å². The lowest BCUT2D eigenvalue weighted by atomic mass is 10.0. The number of fused-ring (bicyclic) bond motifs is 1. The van der Waals surface area contributed by atoms with Crippen molar-refractivity contribution in [2.24, 2.45) is 0 Å². The van der Waals surface area contributed by atoms with Crippen molar-refractivity contribution in [1.82, 2.24) is 9.88 Å². The van der Waals surface area contributed by atoms with E-state index in [1.807, 2.05) is 18.1 Å². The van der Waals surface area contributed by atoms with E-state index >= 15 is 0 Å². The zero-order chi connectivity index (χ0) is 14.9. The Hall–Kier alpha value is -1.81. The van der Waals surface area contributed by atoms with Gasteiger partial charge in [-0.25, -0.2) is 0 Å². The predicted octanol–water partition coefficient (Wildman–Crippen LogP) is 3.03. The van der Waals surface area contributed by atoms with Crippen LogP contribution in [0.4, 0.5) is 0 Å². The third-order valence-electron chi connectivity index (χ3n) is 4.15. The van der Waals surface area contributed by atoms with Crippen molar-refractivity contribution in [3.05, 3.63) is 35.5 Å². The minimum Gasteiger partial charge on any atom is -0.480 e. The Morgan fingerprint density at radius 2 is 2.05 bits per heavy atom. The molecule has 4 heteroatoms. The Kier molecular flexibility index (Phi) is 3.86. The average molecular weight is 274 g/mol. The van der Waals surface area contributed by atoms with E-state index in [-0.39, 0.29) is 0 Å². The molecule has 0 atom stereocenters. The number of para-hydroxylation sites is 1. The topological polar surface area (TPSA) is 56.3 Å². The number of aromatic nitrogens is 1. The SMILES string of the molecule is CCc1cccc2c(CN(C)C(C)(C)C(=O)O)c[nH]c12. The third kappa shape index (κ3) is 2.43. The second-order valence-electron chi connectivity index (χ2n) is 5.73. The summed E-state index contributed by atoms with van der Waals surface area (Å²) in [6.45, 7) is 6.19. The van der Waals surface area contributed by atoms with Crippen LogP contribution in [0.15, 0.2) is 24.4 Å². The minimum atomic E-state index is -0.883. The van der Waals surface area contributed by atoms with Gasteiger partial charge in [0.25, 0.3) is 0 Å². The maximum atomic E-state index is 11.3. The van der Waals surface area contributed by atoms with Crippen molar-refractivity contribution in [3.8, 4) is 0 Å². The lowest BCUT2D eigenvalue weighted by Gasteiger charge is -2.31. The van der Waals surface area contributed by atoms with Crippen LogP contribution in [0.25, 0.3) is 10.9 Å². The summed E-state index contributed by atoms with van der Waals surface area (Å²) in [5.41, 5.74) is 2.69. The molecule has 2 N–H and O–H groups in total. The van der Waals surface area contributed by atoms with Crippen LogP contribution in [0.5, 0.6) is 0 Å². The Bertz CT molecular complexity index is 628. The number of nitrogens with one attached hydrogen (secondary N) is 1. The molecule has 4 nitrogen and oxygen atoms in total. The smallest absolute Gasteiger partial charge is 0.323 e. The predicted molar refractivity (Wildman–Crippen MR) is 80.9 cm³/mol. The first-order valence-corrected chi connectivity index (χ1v) is 6.90. The molecule has 0 radical (unpaired) electrons. The van der Waals surface area contributed by atoms with Crippen molar-refractivity contribution in [2.75, 3.05) is 7.05 Å². The van der Waals surface area contributed by atoms with Crippen molar-refractivity contribution < 1.29 is 9.90 Å². The van der Waals surface area contributed by atoms with Crippen LogP contribution < -0.4 is 0 Å². The van der Waals surface area contributed by atoms with Gasteiger partial charge >= 0.3 is 5.97 Å². The summed E-state index contributed by atoms with van der Waals surface area (Å²) in [6.07, 6.45) is 2.96. The normalized spacial score (nSPS) is 12.2. The number of hydrogen-bond acceptors (Lipinski definition) is 2. The molecule has 1 aromatic heterocycles. The van der Waals surface area contributed by atoms with Crippen molar-refractivity contribution in [1.29, 1.82) is 0 Å². The molecule has 0 spiro atoms. The number of aliphatic carboxylic acids is 1. The van der Waals surface area contributed by atoms with Crippen molar-refractivity contribution in [2.45, 2.75) is 39.3 Å². The monoisotopic (exact) mass is 274 g/mol. The summed E-state index contributed by atoms with van der Waals surface area (Å²) in [7, 11) is 1.84. The van der Waals surface area contributed by atoms with Gasteiger partial charge in [-0.2, -0.15) is 0 Å². The first kappa shape index (κ1) is 14.6. The Morgan fingerprint density at radius 1 is 1.35 bits per heavy atom. The zero-order valence-electron chi connectivity index (χ0n) is 12.5. The second kappa shape index (κ2) is 5.29. The lowest BCUT2D eigenvalue weighted by molar-refractivity contribution is -0.148. The molecular weight excluding hydrogens is 252 g/mol. The highest BCUT2D eigenvalue weighted by atomic mass is 16.4. The zero-order valence-corrected chi connectivity index (χ0v) is 12.5. The van der Waals surface area contributed by atoms with E-state index < -0.39 is 11.5 Å². The quantitative estimate of drug-likeness (QED) is 0.881. The van der Waals surface area contributed by atoms with Gasteiger partial charge in [0.2, 0.25) is 0 Å². The molecule has 20 heavy (non-hydrogen) atoms. The number of nitrogens with zero attached hydrogens (tertiary/aromatic N) is 1. The number of carboxylic acids is 1. The van der Waals surface area contributed by atoms with Gasteiger partial charge in [0.05, 0.1) is 0 Å². The molecule has 0 amide bonds. The number of carboxylic acid groups (broad SMARTS) is 1. The fraction of sp³-hybridized carbons (Fsp3) is 0.438. The molecule has 1 heterocycles. The fourth-order valence-electron chi connectivity index (χ4n) is 2.32. The molecule has 0 unspecified atom stereocenters. The molecule has 0 bridgehead atoms. The van der Waals surface area contributed by atoms with Crippen LogP contribution in [-0.2, 0) is 17.8 Å². The number of carbonyl (C=O) groups is 1. The van der Waals surface area contributed by atoms with Crippen molar-refractivity contribution in [3.63, 3.8) is 0 Å². The van der Waals surface area contributed by atoms with Gasteiger partial charge in [-0.05, 0) is 38.4 Å². The average Bonchev–Trinajstić information content (AvgIpc) is 2.81. The van der Waals surface area contributed by atoms with Crippen LogP contribution in [0.3, 0.4) is 0 Å². The Labute approximate surface area is 119 Å². The minimum absolute atomic E-state index is 0.604. The van der Waals surface area contributed by atoms with Crippen LogP contribution >= 0.6 is 0 Å². The number of likely N-dealkylation sites (N-methyl/N-ethyl adjacent to an activating group) is 1. The van der Waals surface area contributed by atoms with Gasteiger partial charge in [-0.3, -0.25) is 9.69 Å². The summed E-state index contributed by atoms with van der Waals surface area (Å²) in [5.74, 6) is -0.811. The lowest BCUT2D eigenvalue weighted by Crippen LogP contribution is -2.47. The van der Waals surface area contributed by atoms with Gasteiger partial charge in [-0.15, -0.1) is 0 Å². The summed E-state index contributed by atoms with van der Waals surface area (Å²) < 4.78 is 0. The molecule has 0 saturated carbocycles. The van der Waals surface area contributed by atoms with Gasteiger partial charge in [0.15, 0.2) is 0 Å². The van der Waals surface area contributed by atoms with Gasteiger partial charge in [0.1, 0.15) is 5.54 Å². The summed E-state index contributed by atoms with van der Waals surface area (Å²) >= 11 is 0. The molecule has 108 valence electrons. The van der Waals surface area contributed by atoms with Crippen molar-refractivity contribution >= 4 is 16.9 Å². The van der Waals surface area contributed by atoms with E-state index in [0.29, 0.717) is 6.54 Å². The first-order chi connectivity index (χ1) is 9.37. The van der Waals surface area contributed by atoms with E-state index in [0.717, 1.165) is 17.5 Å². The maximum absolute atomic E-state index is 11.3. The molecule has 1 aromatic carbocycles. The highest BCUT2D eigenvalue weighted by molar-refractivity contribution is 5.86. The largest absolute Gasteiger partial charge is 0.480 e. The number of aromatic amines is 1. The molecule has 0 aliphatic carbocycles. The number of hydrogen-bond donors (Lipinski definition) is 2. The molecule has 0 saturated heterocycles. The Balaban J connectivity index is 2.34. The molecule has 2 rings (SSSR count). The van der Waals surface area contributed by atoms with Crippen LogP contribution in [0, 0.1) is 0 Å². The van der Waals surface area contributed by atoms with E-state index in [1.54, 1.807) is 13.8 Å². The van der Waals surface area contributed by atoms with Gasteiger partial charge < -0.3 is 10.1 Å². The summed E-state index contributed by atoms with van der Waals surface area (Å²) in [5, 5.41) is 10.5. The molecule has 2 aromatic rings. The standard InChI is InChI=1S/C16H22N2O2/c1-5-11-7-6-8-13-12(9-17-14(11)13)10-18(4)16(2,3)15(19)20/h6-9,17H,5,10H2,1-4H3,(H,19,20). The molecule has 0 aliphatic heterocycles. The van der Waals surface area contributed by atoms with Crippen LogP contribution in [0.1, 0.15) is 31.9 Å². The summed E-state index contributed by atoms with van der Waals surface area (Å²) in [4.78, 5) is 16.5. The number of benzene rings is 1. The molecule has 0 fully saturated rings. The van der Waals surface area contributed by atoms with Gasteiger partial charge in [0, 0.05) is 23.6 Å². The van der Waals surface area contributed by atoms with Crippen LogP contribution in [-0.4, -0.2) is 33.5 Å². The Morgan fingerprint density at radius 3 is 2.65 bits per heavy atom. The molecular formula is C16H22N2O2. The number of aryl methyl sites for hydroxylation is 1. The van der Waals surface area contributed by atoms with Gasteiger partial charge in [-0.1, -0.05) is 25.1 Å². The summed E-state index contributed by atoms with van der Waals surface area (Å²) in [6, 6.07) is 6.26. The number of rotatable bonds is 5. The maximum Gasteiger partial charge on any atom is 0.323 e. The van der Waals surface area contributed by atoms with E-state index in [2.05, 4.69) is 30.1 Å². The first-order valence-electron chi connectivity index (χ1n) is 6.90. The molecule has 0 aliphatic rings. The second-order valence-corrected chi connectivity index (χ2v) is 5.73. The van der Waals surface area contributed by atoms with E-state index in [1.165, 1.54) is 10.9 Å². The third-order valence-corrected chi connectivity index (χ3v) is 4.15. The fourth-order valence-corrected chi connectivity index (χ4v) is 2.32. The highest BCUT2D eigenvalue weighted by Crippen LogP contribution is 2.25. The van der Waals surface area contributed by atoms with E-state index in [9.17, 15) is 9.90 Å². The number of H-pyrrole nitrogens is 1.